The van der Waals surface area contributed by atoms with Gasteiger partial charge in [-0.25, -0.2) is 0 Å². The number of amides is 2. The third-order valence-corrected chi connectivity index (χ3v) is 2.04. The standard InChI is InChI=1S/C12H15N3O2/c1-3-14-11(12(13)17)9-6-4-5-7-10(9)15-8(2)16/h4-7H,3H2,1-2H3,(H2,13,17)(H,15,16). The van der Waals surface area contributed by atoms with Gasteiger partial charge in [0.25, 0.3) is 5.91 Å². The van der Waals surface area contributed by atoms with Crippen LogP contribution in [0.2, 0.25) is 0 Å². The third kappa shape index (κ3) is 3.41. The van der Waals surface area contributed by atoms with Crippen LogP contribution in [0.3, 0.4) is 0 Å². The van der Waals surface area contributed by atoms with E-state index < -0.39 is 5.91 Å². The fourth-order valence-electron chi connectivity index (χ4n) is 1.44. The van der Waals surface area contributed by atoms with Gasteiger partial charge < -0.3 is 11.1 Å². The van der Waals surface area contributed by atoms with Crippen molar-refractivity contribution in [3.63, 3.8) is 0 Å². The zero-order chi connectivity index (χ0) is 12.8. The number of aliphatic imine (C=N–C) groups is 1. The van der Waals surface area contributed by atoms with E-state index in [1.807, 2.05) is 6.92 Å². The minimum atomic E-state index is -0.607. The molecule has 2 amide bonds. The van der Waals surface area contributed by atoms with Crippen molar-refractivity contribution in [3.8, 4) is 0 Å². The Morgan fingerprint density at radius 3 is 2.53 bits per heavy atom. The quantitative estimate of drug-likeness (QED) is 0.758. The lowest BCUT2D eigenvalue weighted by Gasteiger charge is -2.09. The van der Waals surface area contributed by atoms with Crippen molar-refractivity contribution in [3.05, 3.63) is 29.8 Å². The first-order valence-electron chi connectivity index (χ1n) is 5.27. The lowest BCUT2D eigenvalue weighted by atomic mass is 10.1. The van der Waals surface area contributed by atoms with E-state index in [1.165, 1.54) is 6.92 Å². The second-order valence-corrected chi connectivity index (χ2v) is 3.41. The Morgan fingerprint density at radius 1 is 1.35 bits per heavy atom. The molecule has 3 N–H and O–H groups in total. The summed E-state index contributed by atoms with van der Waals surface area (Å²) < 4.78 is 0. The number of rotatable bonds is 4. The third-order valence-electron chi connectivity index (χ3n) is 2.04. The van der Waals surface area contributed by atoms with Gasteiger partial charge in [0.1, 0.15) is 5.71 Å². The number of carbonyl (C=O) groups excluding carboxylic acids is 2. The topological polar surface area (TPSA) is 84.5 Å². The minimum Gasteiger partial charge on any atom is -0.364 e. The van der Waals surface area contributed by atoms with Crippen molar-refractivity contribution >= 4 is 23.2 Å². The first kappa shape index (κ1) is 12.9. The number of benzene rings is 1. The maximum absolute atomic E-state index is 11.3. The van der Waals surface area contributed by atoms with Crippen molar-refractivity contribution in [2.24, 2.45) is 10.7 Å². The number of hydrogen-bond acceptors (Lipinski definition) is 3. The molecule has 0 radical (unpaired) electrons. The number of anilines is 1. The highest BCUT2D eigenvalue weighted by Crippen LogP contribution is 2.16. The Kier molecular flexibility index (Phi) is 4.39. The Labute approximate surface area is 99.7 Å². The smallest absolute Gasteiger partial charge is 0.267 e. The molecular weight excluding hydrogens is 218 g/mol. The summed E-state index contributed by atoms with van der Waals surface area (Å²) in [6.45, 7) is 3.66. The number of hydrogen-bond donors (Lipinski definition) is 2. The summed E-state index contributed by atoms with van der Waals surface area (Å²) in [6, 6.07) is 6.92. The van der Waals surface area contributed by atoms with Crippen molar-refractivity contribution in [1.82, 2.24) is 0 Å². The van der Waals surface area contributed by atoms with Crippen LogP contribution < -0.4 is 11.1 Å². The van der Waals surface area contributed by atoms with Crippen molar-refractivity contribution in [2.45, 2.75) is 13.8 Å². The van der Waals surface area contributed by atoms with E-state index in [-0.39, 0.29) is 11.6 Å². The molecule has 0 aromatic heterocycles. The summed E-state index contributed by atoms with van der Waals surface area (Å²) in [6.07, 6.45) is 0. The number of carbonyl (C=O) groups is 2. The molecular formula is C12H15N3O2. The van der Waals surface area contributed by atoms with Gasteiger partial charge in [0.05, 0.1) is 5.69 Å². The van der Waals surface area contributed by atoms with Crippen LogP contribution in [0.5, 0.6) is 0 Å². The number of nitrogens with one attached hydrogen (secondary N) is 1. The van der Waals surface area contributed by atoms with Gasteiger partial charge in [-0.15, -0.1) is 0 Å². The van der Waals surface area contributed by atoms with Gasteiger partial charge in [0, 0.05) is 19.0 Å². The molecule has 0 bridgehead atoms. The van der Waals surface area contributed by atoms with Crippen LogP contribution in [-0.4, -0.2) is 24.1 Å². The molecule has 0 spiro atoms. The summed E-state index contributed by atoms with van der Waals surface area (Å²) in [5.74, 6) is -0.817. The van der Waals surface area contributed by atoms with Gasteiger partial charge in [-0.2, -0.15) is 0 Å². The van der Waals surface area contributed by atoms with E-state index in [0.29, 0.717) is 17.8 Å². The zero-order valence-corrected chi connectivity index (χ0v) is 9.86. The van der Waals surface area contributed by atoms with Gasteiger partial charge in [0.15, 0.2) is 0 Å². The molecule has 1 rings (SSSR count). The molecule has 0 unspecified atom stereocenters. The van der Waals surface area contributed by atoms with E-state index in [4.69, 9.17) is 5.73 Å². The lowest BCUT2D eigenvalue weighted by Crippen LogP contribution is -2.26. The van der Waals surface area contributed by atoms with Gasteiger partial charge >= 0.3 is 0 Å². The Balaban J connectivity index is 3.23. The number of primary amides is 1. The molecule has 17 heavy (non-hydrogen) atoms. The average Bonchev–Trinajstić information content (AvgIpc) is 2.26. The molecule has 0 heterocycles. The van der Waals surface area contributed by atoms with Crippen LogP contribution in [0.1, 0.15) is 19.4 Å². The van der Waals surface area contributed by atoms with Crippen LogP contribution in [-0.2, 0) is 9.59 Å². The largest absolute Gasteiger partial charge is 0.364 e. The average molecular weight is 233 g/mol. The zero-order valence-electron chi connectivity index (χ0n) is 9.86. The maximum Gasteiger partial charge on any atom is 0.267 e. The van der Waals surface area contributed by atoms with E-state index in [2.05, 4.69) is 10.3 Å². The van der Waals surface area contributed by atoms with E-state index in [0.717, 1.165) is 0 Å². The second kappa shape index (κ2) is 5.79. The summed E-state index contributed by atoms with van der Waals surface area (Å²) in [4.78, 5) is 26.4. The van der Waals surface area contributed by atoms with Gasteiger partial charge in [-0.05, 0) is 13.0 Å². The number of nitrogens with two attached hydrogens (primary N) is 1. The van der Waals surface area contributed by atoms with Crippen LogP contribution in [0.4, 0.5) is 5.69 Å². The second-order valence-electron chi connectivity index (χ2n) is 3.41. The Bertz CT molecular complexity index is 467. The van der Waals surface area contributed by atoms with Crippen LogP contribution in [0.25, 0.3) is 0 Å². The van der Waals surface area contributed by atoms with Crippen molar-refractivity contribution in [1.29, 1.82) is 0 Å². The summed E-state index contributed by atoms with van der Waals surface area (Å²) in [5, 5.41) is 2.64. The Morgan fingerprint density at radius 2 is 2.00 bits per heavy atom. The minimum absolute atomic E-state index is 0.178. The van der Waals surface area contributed by atoms with Crippen molar-refractivity contribution in [2.75, 3.05) is 11.9 Å². The number of para-hydroxylation sites is 1. The highest BCUT2D eigenvalue weighted by atomic mass is 16.1. The van der Waals surface area contributed by atoms with Gasteiger partial charge in [-0.3, -0.25) is 14.6 Å². The molecule has 90 valence electrons. The predicted molar refractivity (Wildman–Crippen MR) is 67.0 cm³/mol. The fourth-order valence-corrected chi connectivity index (χ4v) is 1.44. The summed E-state index contributed by atoms with van der Waals surface area (Å²) in [5.41, 5.74) is 6.52. The molecule has 1 aromatic carbocycles. The highest BCUT2D eigenvalue weighted by molar-refractivity contribution is 6.46. The molecule has 5 nitrogen and oxygen atoms in total. The summed E-state index contributed by atoms with van der Waals surface area (Å²) >= 11 is 0. The maximum atomic E-state index is 11.3. The van der Waals surface area contributed by atoms with E-state index in [9.17, 15) is 9.59 Å². The molecule has 0 saturated heterocycles. The molecule has 0 atom stereocenters. The van der Waals surface area contributed by atoms with Crippen LogP contribution >= 0.6 is 0 Å². The molecule has 1 aromatic rings. The molecule has 5 heteroatoms. The first-order valence-corrected chi connectivity index (χ1v) is 5.27. The van der Waals surface area contributed by atoms with Gasteiger partial charge in [0.2, 0.25) is 5.91 Å². The predicted octanol–water partition coefficient (Wildman–Crippen LogP) is 0.939. The monoisotopic (exact) mass is 233 g/mol. The molecule has 0 saturated carbocycles. The van der Waals surface area contributed by atoms with Crippen LogP contribution in [0.15, 0.2) is 29.3 Å². The molecule has 0 aliphatic heterocycles. The fraction of sp³-hybridized carbons (Fsp3) is 0.250. The SMILES string of the molecule is CCN=C(C(N)=O)c1ccccc1NC(C)=O. The van der Waals surface area contributed by atoms with Crippen LogP contribution in [0, 0.1) is 0 Å². The lowest BCUT2D eigenvalue weighted by molar-refractivity contribution is -0.114. The Hall–Kier alpha value is -2.17. The molecule has 0 fully saturated rings. The summed E-state index contributed by atoms with van der Waals surface area (Å²) in [7, 11) is 0. The molecule has 0 aliphatic rings. The molecule has 0 aliphatic carbocycles. The van der Waals surface area contributed by atoms with Gasteiger partial charge in [-0.1, -0.05) is 18.2 Å². The normalized spacial score (nSPS) is 11.1. The highest BCUT2D eigenvalue weighted by Gasteiger charge is 2.14. The van der Waals surface area contributed by atoms with E-state index >= 15 is 0 Å². The number of nitrogens with zero attached hydrogens (tertiary/aromatic N) is 1. The van der Waals surface area contributed by atoms with Crippen molar-refractivity contribution < 1.29 is 9.59 Å². The first-order chi connectivity index (χ1) is 8.06. The van der Waals surface area contributed by atoms with E-state index in [1.54, 1.807) is 24.3 Å².